The molecule has 1 atom stereocenters. The molecule has 5 nitrogen and oxygen atoms in total. The summed E-state index contributed by atoms with van der Waals surface area (Å²) < 4.78 is 50.3. The van der Waals surface area contributed by atoms with Crippen molar-refractivity contribution in [2.24, 2.45) is 0 Å². The first-order chi connectivity index (χ1) is 10.7. The summed E-state index contributed by atoms with van der Waals surface area (Å²) in [5.74, 6) is 0. The minimum Gasteiger partial charge on any atom is -0.263 e. The molecule has 0 bridgehead atoms. The molecule has 0 saturated carbocycles. The SMILES string of the molecule is C[C@H]1Cc2ccccc2N1S(=O)(=O)c1ccc(S(C)(=O)=O)cc1. The molecule has 0 aromatic heterocycles. The van der Waals surface area contributed by atoms with Gasteiger partial charge in [-0.05, 0) is 49.2 Å². The van der Waals surface area contributed by atoms with Crippen molar-refractivity contribution in [3.05, 3.63) is 54.1 Å². The highest BCUT2D eigenvalue weighted by Gasteiger charge is 2.35. The van der Waals surface area contributed by atoms with E-state index in [1.165, 1.54) is 28.6 Å². The van der Waals surface area contributed by atoms with Crippen LogP contribution in [0.5, 0.6) is 0 Å². The van der Waals surface area contributed by atoms with Gasteiger partial charge in [0.2, 0.25) is 0 Å². The quantitative estimate of drug-likeness (QED) is 0.850. The largest absolute Gasteiger partial charge is 0.264 e. The summed E-state index contributed by atoms with van der Waals surface area (Å²) in [6.07, 6.45) is 1.76. The summed E-state index contributed by atoms with van der Waals surface area (Å²) in [4.78, 5) is 0.194. The van der Waals surface area contributed by atoms with Crippen LogP contribution in [0, 0.1) is 0 Å². The van der Waals surface area contributed by atoms with Gasteiger partial charge in [0.1, 0.15) is 0 Å². The van der Waals surface area contributed by atoms with Gasteiger partial charge in [-0.1, -0.05) is 18.2 Å². The molecule has 7 heteroatoms. The maximum Gasteiger partial charge on any atom is 0.264 e. The van der Waals surface area contributed by atoms with Crippen molar-refractivity contribution in [1.82, 2.24) is 0 Å². The van der Waals surface area contributed by atoms with E-state index < -0.39 is 19.9 Å². The smallest absolute Gasteiger partial charge is 0.263 e. The average Bonchev–Trinajstić information content (AvgIpc) is 2.83. The van der Waals surface area contributed by atoms with Gasteiger partial charge in [-0.25, -0.2) is 16.8 Å². The second-order valence-electron chi connectivity index (χ2n) is 5.73. The molecule has 23 heavy (non-hydrogen) atoms. The monoisotopic (exact) mass is 351 g/mol. The maximum atomic E-state index is 12.9. The number of rotatable bonds is 3. The fourth-order valence-electron chi connectivity index (χ4n) is 2.88. The number of para-hydroxylation sites is 1. The van der Waals surface area contributed by atoms with Crippen molar-refractivity contribution in [2.45, 2.75) is 29.2 Å². The predicted octanol–water partition coefficient (Wildman–Crippen LogP) is 2.23. The van der Waals surface area contributed by atoms with Crippen LogP contribution >= 0.6 is 0 Å². The van der Waals surface area contributed by atoms with Crippen molar-refractivity contribution >= 4 is 25.5 Å². The fourth-order valence-corrected chi connectivity index (χ4v) is 5.20. The number of hydrogen-bond acceptors (Lipinski definition) is 4. The standard InChI is InChI=1S/C16H17NO4S2/c1-12-11-13-5-3-4-6-16(13)17(12)23(20,21)15-9-7-14(8-10-15)22(2,18)19/h3-10,12H,11H2,1-2H3/t12-/m0/s1. The fraction of sp³-hybridized carbons (Fsp3) is 0.250. The Morgan fingerprint density at radius 2 is 1.48 bits per heavy atom. The second-order valence-corrected chi connectivity index (χ2v) is 9.56. The van der Waals surface area contributed by atoms with Crippen LogP contribution in [0.3, 0.4) is 0 Å². The second kappa shape index (κ2) is 5.35. The summed E-state index contributed by atoms with van der Waals surface area (Å²) in [6, 6.07) is 12.6. The van der Waals surface area contributed by atoms with Gasteiger partial charge < -0.3 is 0 Å². The molecule has 1 aliphatic rings. The summed E-state index contributed by atoms with van der Waals surface area (Å²) in [5.41, 5.74) is 1.68. The molecule has 122 valence electrons. The van der Waals surface area contributed by atoms with E-state index in [9.17, 15) is 16.8 Å². The van der Waals surface area contributed by atoms with Gasteiger partial charge in [0.15, 0.2) is 9.84 Å². The lowest BCUT2D eigenvalue weighted by Gasteiger charge is -2.24. The van der Waals surface area contributed by atoms with E-state index in [1.54, 1.807) is 6.07 Å². The lowest BCUT2D eigenvalue weighted by molar-refractivity contribution is 0.583. The number of fused-ring (bicyclic) bond motifs is 1. The summed E-state index contributed by atoms with van der Waals surface area (Å²) in [7, 11) is -7.08. The molecule has 1 heterocycles. The molecule has 2 aromatic carbocycles. The van der Waals surface area contributed by atoms with Crippen molar-refractivity contribution in [3.8, 4) is 0 Å². The average molecular weight is 351 g/mol. The van der Waals surface area contributed by atoms with Crippen LogP contribution in [0.2, 0.25) is 0 Å². The normalized spacial score (nSPS) is 18.0. The highest BCUT2D eigenvalue weighted by Crippen LogP contribution is 2.36. The van der Waals surface area contributed by atoms with Gasteiger partial charge in [0.05, 0.1) is 15.5 Å². The first-order valence-electron chi connectivity index (χ1n) is 7.14. The van der Waals surface area contributed by atoms with Crippen molar-refractivity contribution < 1.29 is 16.8 Å². The Morgan fingerprint density at radius 1 is 0.913 bits per heavy atom. The maximum absolute atomic E-state index is 12.9. The van der Waals surface area contributed by atoms with E-state index in [1.807, 2.05) is 25.1 Å². The van der Waals surface area contributed by atoms with Crippen LogP contribution < -0.4 is 4.31 Å². The van der Waals surface area contributed by atoms with Crippen LogP contribution in [-0.4, -0.2) is 29.1 Å². The highest BCUT2D eigenvalue weighted by atomic mass is 32.2. The van der Waals surface area contributed by atoms with Crippen LogP contribution in [-0.2, 0) is 26.3 Å². The first kappa shape index (κ1) is 16.0. The molecule has 1 aliphatic heterocycles. The Bertz CT molecular complexity index is 948. The summed E-state index contributed by atoms with van der Waals surface area (Å²) in [5, 5.41) is 0. The van der Waals surface area contributed by atoms with E-state index in [4.69, 9.17) is 0 Å². The molecule has 0 saturated heterocycles. The van der Waals surface area contributed by atoms with Crippen molar-refractivity contribution in [3.63, 3.8) is 0 Å². The van der Waals surface area contributed by atoms with Crippen molar-refractivity contribution in [1.29, 1.82) is 0 Å². The zero-order chi connectivity index (χ0) is 16.8. The Balaban J connectivity index is 2.06. The Kier molecular flexibility index (Phi) is 3.72. The molecular formula is C16H17NO4S2. The highest BCUT2D eigenvalue weighted by molar-refractivity contribution is 7.93. The van der Waals surface area contributed by atoms with E-state index >= 15 is 0 Å². The lowest BCUT2D eigenvalue weighted by atomic mass is 10.1. The Labute approximate surface area is 136 Å². The Hall–Kier alpha value is -1.86. The molecule has 0 amide bonds. The van der Waals surface area contributed by atoms with Crippen LogP contribution in [0.4, 0.5) is 5.69 Å². The minimum atomic E-state index is -3.73. The number of sulfonamides is 1. The number of sulfone groups is 1. The van der Waals surface area contributed by atoms with E-state index in [2.05, 4.69) is 0 Å². The number of hydrogen-bond donors (Lipinski definition) is 0. The van der Waals surface area contributed by atoms with Crippen LogP contribution in [0.1, 0.15) is 12.5 Å². The topological polar surface area (TPSA) is 71.5 Å². The van der Waals surface area contributed by atoms with Gasteiger partial charge >= 0.3 is 0 Å². The van der Waals surface area contributed by atoms with Crippen molar-refractivity contribution in [2.75, 3.05) is 10.6 Å². The third kappa shape index (κ3) is 2.74. The Morgan fingerprint density at radius 3 is 2.09 bits per heavy atom. The number of benzene rings is 2. The predicted molar refractivity (Wildman–Crippen MR) is 88.8 cm³/mol. The lowest BCUT2D eigenvalue weighted by Crippen LogP contribution is -2.35. The molecule has 2 aromatic rings. The molecule has 0 unspecified atom stereocenters. The molecule has 0 N–H and O–H groups in total. The molecule has 0 radical (unpaired) electrons. The van der Waals surface area contributed by atoms with E-state index in [0.29, 0.717) is 12.1 Å². The summed E-state index contributed by atoms with van der Waals surface area (Å²) >= 11 is 0. The molecular weight excluding hydrogens is 334 g/mol. The van der Waals surface area contributed by atoms with Gasteiger partial charge in [-0.15, -0.1) is 0 Å². The minimum absolute atomic E-state index is 0.0912. The third-order valence-corrected chi connectivity index (χ3v) is 7.02. The third-order valence-electron chi connectivity index (χ3n) is 3.95. The van der Waals surface area contributed by atoms with E-state index in [0.717, 1.165) is 11.8 Å². The molecule has 0 spiro atoms. The van der Waals surface area contributed by atoms with E-state index in [-0.39, 0.29) is 15.8 Å². The van der Waals surface area contributed by atoms with Crippen LogP contribution in [0.25, 0.3) is 0 Å². The van der Waals surface area contributed by atoms with Crippen LogP contribution in [0.15, 0.2) is 58.3 Å². The van der Waals surface area contributed by atoms with Gasteiger partial charge in [0.25, 0.3) is 10.0 Å². The molecule has 0 aliphatic carbocycles. The molecule has 0 fully saturated rings. The van der Waals surface area contributed by atoms with Gasteiger partial charge in [-0.2, -0.15) is 0 Å². The zero-order valence-corrected chi connectivity index (χ0v) is 14.4. The van der Waals surface area contributed by atoms with Gasteiger partial charge in [0, 0.05) is 12.3 Å². The number of anilines is 1. The summed E-state index contributed by atoms with van der Waals surface area (Å²) in [6.45, 7) is 1.86. The molecule has 3 rings (SSSR count). The number of nitrogens with zero attached hydrogens (tertiary/aromatic N) is 1. The van der Waals surface area contributed by atoms with Gasteiger partial charge in [-0.3, -0.25) is 4.31 Å². The first-order valence-corrected chi connectivity index (χ1v) is 10.5. The zero-order valence-electron chi connectivity index (χ0n) is 12.8.